The third-order valence-corrected chi connectivity index (χ3v) is 4.46. The first kappa shape index (κ1) is 13.3. The van der Waals surface area contributed by atoms with E-state index < -0.39 is 0 Å². The van der Waals surface area contributed by atoms with E-state index in [2.05, 4.69) is 4.98 Å². The van der Waals surface area contributed by atoms with Crippen LogP contribution in [0.25, 0.3) is 10.8 Å². The summed E-state index contributed by atoms with van der Waals surface area (Å²) in [5, 5.41) is 0.747. The minimum absolute atomic E-state index is 0.0216. The van der Waals surface area contributed by atoms with E-state index in [1.807, 2.05) is 24.0 Å². The van der Waals surface area contributed by atoms with Crippen molar-refractivity contribution in [1.82, 2.24) is 9.88 Å². The van der Waals surface area contributed by atoms with Crippen molar-refractivity contribution in [1.29, 1.82) is 0 Å². The molecule has 3 heterocycles. The van der Waals surface area contributed by atoms with Gasteiger partial charge in [0, 0.05) is 24.0 Å². The molecule has 0 aliphatic carbocycles. The third kappa shape index (κ3) is 2.48. The molecule has 5 nitrogen and oxygen atoms in total. The van der Waals surface area contributed by atoms with Gasteiger partial charge in [0.15, 0.2) is 10.8 Å². The SMILES string of the molecule is Cc1sc(-c2ccco2)nc1C(=O)N1CCCC(N)C1. The fourth-order valence-electron chi connectivity index (χ4n) is 2.44. The Hall–Kier alpha value is -1.66. The number of nitrogens with zero attached hydrogens (tertiary/aromatic N) is 2. The zero-order valence-corrected chi connectivity index (χ0v) is 12.2. The number of thiazole rings is 1. The molecule has 0 bridgehead atoms. The van der Waals surface area contributed by atoms with Gasteiger partial charge in [-0.05, 0) is 31.9 Å². The lowest BCUT2D eigenvalue weighted by Gasteiger charge is -2.30. The lowest BCUT2D eigenvalue weighted by atomic mass is 10.1. The number of carbonyl (C=O) groups is 1. The summed E-state index contributed by atoms with van der Waals surface area (Å²) in [6.07, 6.45) is 3.55. The van der Waals surface area contributed by atoms with Crippen LogP contribution >= 0.6 is 11.3 Å². The summed E-state index contributed by atoms with van der Waals surface area (Å²) < 4.78 is 5.33. The van der Waals surface area contributed by atoms with Gasteiger partial charge >= 0.3 is 0 Å². The molecule has 2 aromatic rings. The molecule has 2 N–H and O–H groups in total. The first-order chi connectivity index (χ1) is 9.65. The van der Waals surface area contributed by atoms with Gasteiger partial charge < -0.3 is 15.1 Å². The molecule has 1 aliphatic heterocycles. The van der Waals surface area contributed by atoms with Gasteiger partial charge in [0.2, 0.25) is 0 Å². The summed E-state index contributed by atoms with van der Waals surface area (Å²) in [6.45, 7) is 3.30. The average Bonchev–Trinajstić information content (AvgIpc) is 3.07. The van der Waals surface area contributed by atoms with Gasteiger partial charge in [0.05, 0.1) is 6.26 Å². The maximum absolute atomic E-state index is 12.5. The van der Waals surface area contributed by atoms with Crippen molar-refractivity contribution < 1.29 is 9.21 Å². The number of hydrogen-bond donors (Lipinski definition) is 1. The van der Waals surface area contributed by atoms with E-state index in [0.717, 1.165) is 29.3 Å². The van der Waals surface area contributed by atoms with Crippen molar-refractivity contribution in [2.45, 2.75) is 25.8 Å². The van der Waals surface area contributed by atoms with Crippen LogP contribution in [0.5, 0.6) is 0 Å². The van der Waals surface area contributed by atoms with Gasteiger partial charge in [-0.3, -0.25) is 4.79 Å². The Morgan fingerprint density at radius 1 is 1.60 bits per heavy atom. The number of likely N-dealkylation sites (tertiary alicyclic amines) is 1. The topological polar surface area (TPSA) is 72.4 Å². The minimum atomic E-state index is -0.0216. The first-order valence-corrected chi connectivity index (χ1v) is 7.53. The van der Waals surface area contributed by atoms with E-state index in [-0.39, 0.29) is 11.9 Å². The summed E-state index contributed by atoms with van der Waals surface area (Å²) in [7, 11) is 0. The van der Waals surface area contributed by atoms with Crippen LogP contribution in [-0.4, -0.2) is 34.9 Å². The Morgan fingerprint density at radius 3 is 3.15 bits per heavy atom. The monoisotopic (exact) mass is 291 g/mol. The second-order valence-corrected chi connectivity index (χ2v) is 6.26. The quantitative estimate of drug-likeness (QED) is 0.921. The Balaban J connectivity index is 1.85. The van der Waals surface area contributed by atoms with Crippen molar-refractivity contribution in [3.8, 4) is 10.8 Å². The van der Waals surface area contributed by atoms with Crippen LogP contribution in [0.3, 0.4) is 0 Å². The second-order valence-electron chi connectivity index (χ2n) is 5.05. The molecule has 0 saturated carbocycles. The molecule has 1 amide bonds. The van der Waals surface area contributed by atoms with Crippen molar-refractivity contribution in [3.05, 3.63) is 29.0 Å². The molecule has 0 spiro atoms. The predicted molar refractivity (Wildman–Crippen MR) is 77.7 cm³/mol. The number of nitrogens with two attached hydrogens (primary N) is 1. The molecule has 1 unspecified atom stereocenters. The zero-order chi connectivity index (χ0) is 14.1. The number of aryl methyl sites for hydroxylation is 1. The zero-order valence-electron chi connectivity index (χ0n) is 11.3. The standard InChI is InChI=1S/C14H17N3O2S/c1-9-12(14(18)17-6-2-4-10(15)8-17)16-13(20-9)11-5-3-7-19-11/h3,5,7,10H,2,4,6,8,15H2,1H3. The maximum Gasteiger partial charge on any atom is 0.273 e. The molecular weight excluding hydrogens is 274 g/mol. The van der Waals surface area contributed by atoms with E-state index in [9.17, 15) is 4.79 Å². The number of piperidine rings is 1. The number of furan rings is 1. The molecule has 6 heteroatoms. The number of amides is 1. The molecule has 1 saturated heterocycles. The lowest BCUT2D eigenvalue weighted by molar-refractivity contribution is 0.0703. The summed E-state index contributed by atoms with van der Waals surface area (Å²) in [5.41, 5.74) is 6.46. The molecule has 106 valence electrons. The predicted octanol–water partition coefficient (Wildman–Crippen LogP) is 2.27. The highest BCUT2D eigenvalue weighted by Crippen LogP contribution is 2.28. The van der Waals surface area contributed by atoms with Crippen LogP contribution < -0.4 is 5.73 Å². The van der Waals surface area contributed by atoms with E-state index >= 15 is 0 Å². The third-order valence-electron chi connectivity index (χ3n) is 3.48. The van der Waals surface area contributed by atoms with Crippen LogP contribution in [0.15, 0.2) is 22.8 Å². The number of aromatic nitrogens is 1. The molecule has 20 heavy (non-hydrogen) atoms. The lowest BCUT2D eigenvalue weighted by Crippen LogP contribution is -2.45. The average molecular weight is 291 g/mol. The molecule has 1 aliphatic rings. The molecule has 1 fully saturated rings. The number of carbonyl (C=O) groups excluding carboxylic acids is 1. The maximum atomic E-state index is 12.5. The molecule has 2 aromatic heterocycles. The fourth-order valence-corrected chi connectivity index (χ4v) is 3.32. The van der Waals surface area contributed by atoms with Crippen LogP contribution in [-0.2, 0) is 0 Å². The van der Waals surface area contributed by atoms with Crippen molar-refractivity contribution in [2.24, 2.45) is 5.73 Å². The second kappa shape index (κ2) is 5.38. The number of rotatable bonds is 2. The van der Waals surface area contributed by atoms with E-state index in [1.54, 1.807) is 6.26 Å². The van der Waals surface area contributed by atoms with Crippen LogP contribution in [0.1, 0.15) is 28.2 Å². The van der Waals surface area contributed by atoms with E-state index in [4.69, 9.17) is 10.2 Å². The van der Waals surface area contributed by atoms with Crippen molar-refractivity contribution in [3.63, 3.8) is 0 Å². The normalized spacial score (nSPS) is 19.3. The smallest absolute Gasteiger partial charge is 0.273 e. The molecular formula is C14H17N3O2S. The number of hydrogen-bond acceptors (Lipinski definition) is 5. The van der Waals surface area contributed by atoms with Gasteiger partial charge in [-0.2, -0.15) is 0 Å². The van der Waals surface area contributed by atoms with Gasteiger partial charge in [-0.25, -0.2) is 4.98 Å². The fraction of sp³-hybridized carbons (Fsp3) is 0.429. The summed E-state index contributed by atoms with van der Waals surface area (Å²) in [5.74, 6) is 0.680. The minimum Gasteiger partial charge on any atom is -0.462 e. The molecule has 3 rings (SSSR count). The highest BCUT2D eigenvalue weighted by atomic mass is 32.1. The van der Waals surface area contributed by atoms with Crippen molar-refractivity contribution >= 4 is 17.2 Å². The molecule has 0 radical (unpaired) electrons. The Labute approximate surface area is 121 Å². The van der Waals surface area contributed by atoms with Gasteiger partial charge in [0.1, 0.15) is 5.69 Å². The van der Waals surface area contributed by atoms with Gasteiger partial charge in [-0.1, -0.05) is 0 Å². The molecule has 1 atom stereocenters. The Morgan fingerprint density at radius 2 is 2.45 bits per heavy atom. The van der Waals surface area contributed by atoms with E-state index in [1.165, 1.54) is 11.3 Å². The first-order valence-electron chi connectivity index (χ1n) is 6.71. The van der Waals surface area contributed by atoms with Crippen LogP contribution in [0.2, 0.25) is 0 Å². The van der Waals surface area contributed by atoms with E-state index in [0.29, 0.717) is 18.0 Å². The summed E-state index contributed by atoms with van der Waals surface area (Å²) in [4.78, 5) is 19.7. The van der Waals surface area contributed by atoms with Crippen molar-refractivity contribution in [2.75, 3.05) is 13.1 Å². The summed E-state index contributed by atoms with van der Waals surface area (Å²) in [6, 6.07) is 3.75. The highest BCUT2D eigenvalue weighted by Gasteiger charge is 2.26. The highest BCUT2D eigenvalue weighted by molar-refractivity contribution is 7.15. The Kier molecular flexibility index (Phi) is 3.58. The van der Waals surface area contributed by atoms with Gasteiger partial charge in [0.25, 0.3) is 5.91 Å². The van der Waals surface area contributed by atoms with Crippen LogP contribution in [0, 0.1) is 6.92 Å². The largest absolute Gasteiger partial charge is 0.462 e. The molecule has 0 aromatic carbocycles. The summed E-state index contributed by atoms with van der Waals surface area (Å²) >= 11 is 1.48. The Bertz CT molecular complexity index is 606. The van der Waals surface area contributed by atoms with Crippen LogP contribution in [0.4, 0.5) is 0 Å². The van der Waals surface area contributed by atoms with Gasteiger partial charge in [-0.15, -0.1) is 11.3 Å².